The molecule has 0 bridgehead atoms. The average Bonchev–Trinajstić information content (AvgIpc) is 3.21. The van der Waals surface area contributed by atoms with E-state index in [2.05, 4.69) is 10.2 Å². The predicted molar refractivity (Wildman–Crippen MR) is 69.9 cm³/mol. The standard InChI is InChI=1S/C15H26N2/c1-2-12-8-16-15(14(12)3-1)10-17(13-6-7-13)9-11-4-5-11/h11-16H,1-10H2. The van der Waals surface area contributed by atoms with Crippen LogP contribution >= 0.6 is 0 Å². The minimum atomic E-state index is 0.835. The van der Waals surface area contributed by atoms with Crippen LogP contribution in [-0.2, 0) is 0 Å². The van der Waals surface area contributed by atoms with Crippen molar-refractivity contribution in [2.45, 2.75) is 57.0 Å². The van der Waals surface area contributed by atoms with E-state index in [1.165, 1.54) is 64.6 Å². The van der Waals surface area contributed by atoms with E-state index in [1.807, 2.05) is 0 Å². The van der Waals surface area contributed by atoms with Crippen molar-refractivity contribution < 1.29 is 0 Å². The van der Waals surface area contributed by atoms with Crippen LogP contribution in [-0.4, -0.2) is 36.6 Å². The van der Waals surface area contributed by atoms with Crippen molar-refractivity contribution in [3.05, 3.63) is 0 Å². The van der Waals surface area contributed by atoms with Gasteiger partial charge in [-0.15, -0.1) is 0 Å². The van der Waals surface area contributed by atoms with Crippen molar-refractivity contribution >= 4 is 0 Å². The lowest BCUT2D eigenvalue weighted by Gasteiger charge is -2.28. The molecule has 4 fully saturated rings. The van der Waals surface area contributed by atoms with Gasteiger partial charge >= 0.3 is 0 Å². The Bertz CT molecular complexity index is 283. The highest BCUT2D eigenvalue weighted by Gasteiger charge is 2.42. The van der Waals surface area contributed by atoms with Gasteiger partial charge in [0.25, 0.3) is 0 Å². The normalized spacial score (nSPS) is 41.1. The van der Waals surface area contributed by atoms with Gasteiger partial charge in [-0.1, -0.05) is 6.42 Å². The lowest BCUT2D eigenvalue weighted by Crippen LogP contribution is -2.42. The fourth-order valence-electron chi connectivity index (χ4n) is 4.20. The smallest absolute Gasteiger partial charge is 0.0226 e. The molecule has 1 saturated heterocycles. The van der Waals surface area contributed by atoms with Gasteiger partial charge in [0.05, 0.1) is 0 Å². The highest BCUT2D eigenvalue weighted by Crippen LogP contribution is 2.40. The van der Waals surface area contributed by atoms with E-state index in [9.17, 15) is 0 Å². The van der Waals surface area contributed by atoms with Crippen molar-refractivity contribution in [3.63, 3.8) is 0 Å². The summed E-state index contributed by atoms with van der Waals surface area (Å²) >= 11 is 0. The Balaban J connectivity index is 1.37. The topological polar surface area (TPSA) is 15.3 Å². The Hall–Kier alpha value is -0.0800. The number of hydrogen-bond donors (Lipinski definition) is 1. The minimum absolute atomic E-state index is 0.835. The van der Waals surface area contributed by atoms with Crippen LogP contribution in [0.5, 0.6) is 0 Å². The maximum atomic E-state index is 3.82. The molecule has 1 N–H and O–H groups in total. The van der Waals surface area contributed by atoms with Gasteiger partial charge in [0.2, 0.25) is 0 Å². The molecule has 2 nitrogen and oxygen atoms in total. The van der Waals surface area contributed by atoms with Crippen LogP contribution in [0.4, 0.5) is 0 Å². The second-order valence-electron chi connectivity index (χ2n) is 7.00. The van der Waals surface area contributed by atoms with Gasteiger partial charge in [-0.05, 0) is 62.8 Å². The second kappa shape index (κ2) is 4.24. The summed E-state index contributed by atoms with van der Waals surface area (Å²) < 4.78 is 0. The molecule has 1 aliphatic heterocycles. The third-order valence-corrected chi connectivity index (χ3v) is 5.56. The van der Waals surface area contributed by atoms with Gasteiger partial charge in [-0.25, -0.2) is 0 Å². The Labute approximate surface area is 105 Å². The molecule has 17 heavy (non-hydrogen) atoms. The maximum absolute atomic E-state index is 3.82. The largest absolute Gasteiger partial charge is 0.312 e. The van der Waals surface area contributed by atoms with E-state index in [-0.39, 0.29) is 0 Å². The molecule has 2 heteroatoms. The van der Waals surface area contributed by atoms with Crippen LogP contribution in [0.2, 0.25) is 0 Å². The zero-order chi connectivity index (χ0) is 11.2. The van der Waals surface area contributed by atoms with Crippen LogP contribution in [0.25, 0.3) is 0 Å². The highest BCUT2D eigenvalue weighted by molar-refractivity contribution is 4.98. The number of hydrogen-bond acceptors (Lipinski definition) is 2. The first-order valence-electron chi connectivity index (χ1n) is 7.87. The summed E-state index contributed by atoms with van der Waals surface area (Å²) in [6.07, 6.45) is 10.5. The molecule has 96 valence electrons. The predicted octanol–water partition coefficient (Wildman–Crippen LogP) is 2.25. The highest BCUT2D eigenvalue weighted by atomic mass is 15.2. The van der Waals surface area contributed by atoms with Crippen LogP contribution < -0.4 is 5.32 Å². The molecule has 0 aromatic carbocycles. The summed E-state index contributed by atoms with van der Waals surface area (Å²) in [5.41, 5.74) is 0. The molecule has 0 aromatic heterocycles. The molecule has 3 saturated carbocycles. The Morgan fingerprint density at radius 2 is 1.82 bits per heavy atom. The first-order chi connectivity index (χ1) is 8.40. The molecule has 0 aromatic rings. The lowest BCUT2D eigenvalue weighted by atomic mass is 9.94. The zero-order valence-corrected chi connectivity index (χ0v) is 10.9. The third-order valence-electron chi connectivity index (χ3n) is 5.56. The minimum Gasteiger partial charge on any atom is -0.312 e. The zero-order valence-electron chi connectivity index (χ0n) is 10.9. The van der Waals surface area contributed by atoms with Crippen molar-refractivity contribution in [1.29, 1.82) is 0 Å². The molecule has 4 aliphatic rings. The molecule has 3 aliphatic carbocycles. The van der Waals surface area contributed by atoms with E-state index in [0.717, 1.165) is 29.8 Å². The summed E-state index contributed by atoms with van der Waals surface area (Å²) in [6.45, 7) is 4.10. The van der Waals surface area contributed by atoms with Crippen LogP contribution in [0.3, 0.4) is 0 Å². The maximum Gasteiger partial charge on any atom is 0.0226 e. The average molecular weight is 234 g/mol. The van der Waals surface area contributed by atoms with Crippen molar-refractivity contribution in [3.8, 4) is 0 Å². The summed E-state index contributed by atoms with van der Waals surface area (Å²) in [4.78, 5) is 2.84. The Morgan fingerprint density at radius 3 is 2.59 bits per heavy atom. The number of rotatable bonds is 5. The number of nitrogens with zero attached hydrogens (tertiary/aromatic N) is 1. The SMILES string of the molecule is C1CC2CNC(CN(CC3CC3)C3CC3)C2C1. The van der Waals surface area contributed by atoms with Crippen LogP contribution in [0, 0.1) is 17.8 Å². The molecule has 3 unspecified atom stereocenters. The van der Waals surface area contributed by atoms with E-state index < -0.39 is 0 Å². The first-order valence-corrected chi connectivity index (χ1v) is 7.87. The van der Waals surface area contributed by atoms with E-state index in [1.54, 1.807) is 0 Å². The van der Waals surface area contributed by atoms with Gasteiger partial charge in [0, 0.05) is 25.2 Å². The fourth-order valence-corrected chi connectivity index (χ4v) is 4.20. The van der Waals surface area contributed by atoms with Crippen molar-refractivity contribution in [1.82, 2.24) is 10.2 Å². The molecule has 0 spiro atoms. The van der Waals surface area contributed by atoms with E-state index >= 15 is 0 Å². The van der Waals surface area contributed by atoms with Gasteiger partial charge in [-0.3, -0.25) is 4.90 Å². The fraction of sp³-hybridized carbons (Fsp3) is 1.00. The molecular weight excluding hydrogens is 208 g/mol. The Morgan fingerprint density at radius 1 is 0.941 bits per heavy atom. The van der Waals surface area contributed by atoms with Gasteiger partial charge in [-0.2, -0.15) is 0 Å². The molecule has 4 rings (SSSR count). The van der Waals surface area contributed by atoms with Crippen LogP contribution in [0.15, 0.2) is 0 Å². The van der Waals surface area contributed by atoms with E-state index in [4.69, 9.17) is 0 Å². The van der Waals surface area contributed by atoms with Gasteiger partial charge in [0.15, 0.2) is 0 Å². The quantitative estimate of drug-likeness (QED) is 0.785. The second-order valence-corrected chi connectivity index (χ2v) is 7.00. The summed E-state index contributed by atoms with van der Waals surface area (Å²) in [6, 6.07) is 1.81. The molecule has 0 radical (unpaired) electrons. The molecule has 1 heterocycles. The lowest BCUT2D eigenvalue weighted by molar-refractivity contribution is 0.209. The van der Waals surface area contributed by atoms with Crippen molar-refractivity contribution in [2.75, 3.05) is 19.6 Å². The number of nitrogens with one attached hydrogen (secondary N) is 1. The molecule has 3 atom stereocenters. The molecule has 0 amide bonds. The van der Waals surface area contributed by atoms with Gasteiger partial charge in [0.1, 0.15) is 0 Å². The Kier molecular flexibility index (Phi) is 2.69. The summed E-state index contributed by atoms with van der Waals surface area (Å²) in [7, 11) is 0. The van der Waals surface area contributed by atoms with Crippen molar-refractivity contribution in [2.24, 2.45) is 17.8 Å². The third kappa shape index (κ3) is 2.26. The van der Waals surface area contributed by atoms with E-state index in [0.29, 0.717) is 0 Å². The van der Waals surface area contributed by atoms with Crippen LogP contribution in [0.1, 0.15) is 44.9 Å². The summed E-state index contributed by atoms with van der Waals surface area (Å²) in [5, 5.41) is 3.82. The number of fused-ring (bicyclic) bond motifs is 1. The first kappa shape index (κ1) is 10.8. The summed E-state index contributed by atoms with van der Waals surface area (Å²) in [5.74, 6) is 3.12. The monoisotopic (exact) mass is 234 g/mol. The molecular formula is C15H26N2. The van der Waals surface area contributed by atoms with Gasteiger partial charge < -0.3 is 5.32 Å².